The second kappa shape index (κ2) is 5.88. The zero-order valence-electron chi connectivity index (χ0n) is 9.26. The Morgan fingerprint density at radius 2 is 2.25 bits per heavy atom. The number of sulfonamides is 1. The van der Waals surface area contributed by atoms with E-state index in [0.717, 1.165) is 18.6 Å². The summed E-state index contributed by atoms with van der Waals surface area (Å²) in [6, 6.07) is 0. The number of aliphatic carboxylic acids is 1. The molecule has 1 unspecified atom stereocenters. The van der Waals surface area contributed by atoms with Gasteiger partial charge in [0.25, 0.3) is 0 Å². The summed E-state index contributed by atoms with van der Waals surface area (Å²) in [5, 5.41) is 8.50. The highest BCUT2D eigenvalue weighted by molar-refractivity contribution is 7.99. The molecule has 0 aromatic carbocycles. The number of carboxylic acid groups (broad SMARTS) is 1. The molecule has 5 nitrogen and oxygen atoms in total. The van der Waals surface area contributed by atoms with E-state index in [1.54, 1.807) is 0 Å². The smallest absolute Gasteiger partial charge is 0.313 e. The number of thioether (sulfide) groups is 1. The van der Waals surface area contributed by atoms with Gasteiger partial charge in [-0.2, -0.15) is 0 Å². The predicted octanol–water partition coefficient (Wildman–Crippen LogP) is 0.476. The van der Waals surface area contributed by atoms with Gasteiger partial charge < -0.3 is 5.11 Å². The van der Waals surface area contributed by atoms with Crippen LogP contribution in [0.15, 0.2) is 0 Å². The Balaban J connectivity index is 2.36. The molecule has 0 saturated carbocycles. The number of hydrogen-bond acceptors (Lipinski definition) is 4. The molecule has 0 amide bonds. The van der Waals surface area contributed by atoms with Crippen LogP contribution in [0.25, 0.3) is 0 Å². The Morgan fingerprint density at radius 3 is 2.81 bits per heavy atom. The highest BCUT2D eigenvalue weighted by Crippen LogP contribution is 2.22. The minimum Gasteiger partial charge on any atom is -0.481 e. The summed E-state index contributed by atoms with van der Waals surface area (Å²) < 4.78 is 24.2. The van der Waals surface area contributed by atoms with Gasteiger partial charge in [0, 0.05) is 13.1 Å². The van der Waals surface area contributed by atoms with Crippen LogP contribution in [0.3, 0.4) is 0 Å². The van der Waals surface area contributed by atoms with E-state index in [1.165, 1.54) is 22.3 Å². The first kappa shape index (κ1) is 13.8. The lowest BCUT2D eigenvalue weighted by Crippen LogP contribution is -2.40. The average molecular weight is 267 g/mol. The molecule has 0 bridgehead atoms. The molecule has 1 atom stereocenters. The van der Waals surface area contributed by atoms with Crippen molar-refractivity contribution in [2.24, 2.45) is 5.92 Å². The molecule has 1 rings (SSSR count). The van der Waals surface area contributed by atoms with Crippen LogP contribution in [-0.4, -0.2) is 54.6 Å². The van der Waals surface area contributed by atoms with Gasteiger partial charge in [0.2, 0.25) is 10.0 Å². The molecule has 94 valence electrons. The second-order valence-corrected chi connectivity index (χ2v) is 7.05. The van der Waals surface area contributed by atoms with Crippen molar-refractivity contribution < 1.29 is 18.3 Å². The van der Waals surface area contributed by atoms with E-state index in [1.807, 2.05) is 0 Å². The SMILES string of the molecule is CS(=O)(=O)N1CCCC(CSCC(=O)O)C1. The molecule has 16 heavy (non-hydrogen) atoms. The topological polar surface area (TPSA) is 74.7 Å². The third-order valence-corrected chi connectivity index (χ3v) is 4.96. The molecule has 1 heterocycles. The minimum atomic E-state index is -3.09. The average Bonchev–Trinajstić information content (AvgIpc) is 2.16. The van der Waals surface area contributed by atoms with Gasteiger partial charge in [-0.05, 0) is 24.5 Å². The lowest BCUT2D eigenvalue weighted by Gasteiger charge is -2.30. The highest BCUT2D eigenvalue weighted by Gasteiger charge is 2.25. The van der Waals surface area contributed by atoms with Crippen LogP contribution in [0.2, 0.25) is 0 Å². The van der Waals surface area contributed by atoms with Crippen LogP contribution in [0, 0.1) is 5.92 Å². The summed E-state index contributed by atoms with van der Waals surface area (Å²) in [4.78, 5) is 10.3. The maximum Gasteiger partial charge on any atom is 0.313 e. The van der Waals surface area contributed by atoms with Gasteiger partial charge >= 0.3 is 5.97 Å². The maximum absolute atomic E-state index is 11.3. The zero-order valence-corrected chi connectivity index (χ0v) is 10.9. The molecule has 0 aliphatic carbocycles. The van der Waals surface area contributed by atoms with Crippen molar-refractivity contribution in [2.45, 2.75) is 12.8 Å². The molecule has 0 radical (unpaired) electrons. The van der Waals surface area contributed by atoms with Gasteiger partial charge in [0.1, 0.15) is 0 Å². The fourth-order valence-corrected chi connectivity index (χ4v) is 3.62. The first-order chi connectivity index (χ1) is 7.39. The number of piperidine rings is 1. The number of rotatable bonds is 5. The van der Waals surface area contributed by atoms with Crippen LogP contribution in [-0.2, 0) is 14.8 Å². The van der Waals surface area contributed by atoms with Crippen LogP contribution in [0.1, 0.15) is 12.8 Å². The molecule has 1 N–H and O–H groups in total. The maximum atomic E-state index is 11.3. The Labute approximate surface area is 100 Å². The van der Waals surface area contributed by atoms with Crippen LogP contribution in [0.4, 0.5) is 0 Å². The van der Waals surface area contributed by atoms with Gasteiger partial charge in [-0.15, -0.1) is 11.8 Å². The van der Waals surface area contributed by atoms with Crippen molar-refractivity contribution in [3.63, 3.8) is 0 Å². The molecule has 1 aliphatic heterocycles. The monoisotopic (exact) mass is 267 g/mol. The van der Waals surface area contributed by atoms with Crippen molar-refractivity contribution in [3.05, 3.63) is 0 Å². The second-order valence-electron chi connectivity index (χ2n) is 4.04. The normalized spacial score (nSPS) is 23.2. The van der Waals surface area contributed by atoms with Crippen LogP contribution in [0.5, 0.6) is 0 Å². The lowest BCUT2D eigenvalue weighted by molar-refractivity contribution is -0.133. The van der Waals surface area contributed by atoms with E-state index in [4.69, 9.17) is 5.11 Å². The Kier molecular flexibility index (Phi) is 5.07. The largest absolute Gasteiger partial charge is 0.481 e. The van der Waals surface area contributed by atoms with Gasteiger partial charge in [-0.3, -0.25) is 4.79 Å². The Hall–Kier alpha value is -0.270. The quantitative estimate of drug-likeness (QED) is 0.784. The summed E-state index contributed by atoms with van der Waals surface area (Å²) in [6.45, 7) is 1.13. The van der Waals surface area contributed by atoms with Crippen molar-refractivity contribution in [1.82, 2.24) is 4.31 Å². The highest BCUT2D eigenvalue weighted by atomic mass is 32.2. The summed E-state index contributed by atoms with van der Waals surface area (Å²) in [7, 11) is -3.09. The van der Waals surface area contributed by atoms with E-state index in [2.05, 4.69) is 0 Å². The molecule has 0 aromatic heterocycles. The molecular formula is C9H17NO4S2. The molecule has 1 saturated heterocycles. The summed E-state index contributed by atoms with van der Waals surface area (Å²) in [5.41, 5.74) is 0. The minimum absolute atomic E-state index is 0.0926. The molecule has 0 spiro atoms. The number of hydrogen-bond donors (Lipinski definition) is 1. The van der Waals surface area contributed by atoms with E-state index < -0.39 is 16.0 Å². The lowest BCUT2D eigenvalue weighted by atomic mass is 10.0. The Bertz CT molecular complexity index is 341. The van der Waals surface area contributed by atoms with E-state index >= 15 is 0 Å². The number of nitrogens with zero attached hydrogens (tertiary/aromatic N) is 1. The van der Waals surface area contributed by atoms with Crippen LogP contribution < -0.4 is 0 Å². The molecular weight excluding hydrogens is 250 g/mol. The Morgan fingerprint density at radius 1 is 1.56 bits per heavy atom. The third kappa shape index (κ3) is 4.71. The molecule has 0 aromatic rings. The first-order valence-corrected chi connectivity index (χ1v) is 8.14. The molecule has 7 heteroatoms. The number of carboxylic acids is 1. The summed E-state index contributed by atoms with van der Waals surface area (Å²) in [5.74, 6) is 0.279. The van der Waals surface area contributed by atoms with Gasteiger partial charge in [0.15, 0.2) is 0 Å². The van der Waals surface area contributed by atoms with E-state index in [0.29, 0.717) is 13.1 Å². The zero-order chi connectivity index (χ0) is 12.2. The van der Waals surface area contributed by atoms with Crippen molar-refractivity contribution >= 4 is 27.8 Å². The van der Waals surface area contributed by atoms with E-state index in [-0.39, 0.29) is 11.7 Å². The molecule has 1 aliphatic rings. The first-order valence-electron chi connectivity index (χ1n) is 5.14. The van der Waals surface area contributed by atoms with Gasteiger partial charge in [-0.25, -0.2) is 12.7 Å². The van der Waals surface area contributed by atoms with Crippen molar-refractivity contribution in [1.29, 1.82) is 0 Å². The third-order valence-electron chi connectivity index (χ3n) is 2.53. The van der Waals surface area contributed by atoms with E-state index in [9.17, 15) is 13.2 Å². The number of carbonyl (C=O) groups is 1. The fraction of sp³-hybridized carbons (Fsp3) is 0.889. The van der Waals surface area contributed by atoms with Gasteiger partial charge in [0.05, 0.1) is 12.0 Å². The van der Waals surface area contributed by atoms with Crippen molar-refractivity contribution in [3.8, 4) is 0 Å². The fourth-order valence-electron chi connectivity index (χ4n) is 1.78. The summed E-state index contributed by atoms with van der Waals surface area (Å²) >= 11 is 1.36. The predicted molar refractivity (Wildman–Crippen MR) is 64.1 cm³/mol. The standard InChI is InChI=1S/C9H17NO4S2/c1-16(13,14)10-4-2-3-8(5-10)6-15-7-9(11)12/h8H,2-7H2,1H3,(H,11,12). The van der Waals surface area contributed by atoms with Crippen LogP contribution >= 0.6 is 11.8 Å². The summed E-state index contributed by atoms with van der Waals surface area (Å²) in [6.07, 6.45) is 3.07. The molecule has 1 fully saturated rings. The van der Waals surface area contributed by atoms with Crippen molar-refractivity contribution in [2.75, 3.05) is 30.9 Å². The van der Waals surface area contributed by atoms with Gasteiger partial charge in [-0.1, -0.05) is 0 Å².